The van der Waals surface area contributed by atoms with E-state index in [0.717, 1.165) is 0 Å². The predicted octanol–water partition coefficient (Wildman–Crippen LogP) is 2.43. The molecule has 2 aromatic rings. The number of amides is 1. The fraction of sp³-hybridized carbons (Fsp3) is 0.278. The maximum Gasteiger partial charge on any atom is 0.240 e. The topological polar surface area (TPSA) is 84.5 Å². The number of rotatable bonds is 5. The summed E-state index contributed by atoms with van der Waals surface area (Å²) in [4.78, 5) is 11.5. The number of para-hydroxylation sites is 1. The number of nitrogens with one attached hydrogen (secondary N) is 2. The molecule has 0 radical (unpaired) electrons. The van der Waals surface area contributed by atoms with E-state index in [1.165, 1.54) is 12.1 Å². The molecule has 0 aliphatic carbocycles. The van der Waals surface area contributed by atoms with Crippen LogP contribution in [0.2, 0.25) is 0 Å². The average Bonchev–Trinajstić information content (AvgIpc) is 2.80. The second-order valence-electron chi connectivity index (χ2n) is 5.88. The van der Waals surface area contributed by atoms with Gasteiger partial charge in [0, 0.05) is 19.0 Å². The van der Waals surface area contributed by atoms with Crippen LogP contribution in [-0.2, 0) is 14.8 Å². The van der Waals surface area contributed by atoms with Gasteiger partial charge in [-0.2, -0.15) is 0 Å². The van der Waals surface area contributed by atoms with Gasteiger partial charge in [-0.3, -0.25) is 4.79 Å². The van der Waals surface area contributed by atoms with Crippen molar-refractivity contribution in [2.75, 3.05) is 6.54 Å². The summed E-state index contributed by atoms with van der Waals surface area (Å²) in [7, 11) is -3.63. The van der Waals surface area contributed by atoms with E-state index in [9.17, 15) is 13.2 Å². The van der Waals surface area contributed by atoms with Crippen molar-refractivity contribution in [2.45, 2.75) is 30.2 Å². The van der Waals surface area contributed by atoms with Crippen molar-refractivity contribution in [3.63, 3.8) is 0 Å². The standard InChI is InChI=1S/C18H20N2O4S/c21-18-11-6-14(12-13-19-18)20-25(22,23)17-9-7-16(8-10-17)24-15-4-2-1-3-5-15/h1-5,7-10,14,20H,6,11-13H2,(H,19,21). The zero-order valence-corrected chi connectivity index (χ0v) is 14.5. The molecule has 2 aromatic carbocycles. The highest BCUT2D eigenvalue weighted by Gasteiger charge is 2.22. The molecule has 1 aliphatic heterocycles. The largest absolute Gasteiger partial charge is 0.457 e. The smallest absolute Gasteiger partial charge is 0.240 e. The summed E-state index contributed by atoms with van der Waals surface area (Å²) < 4.78 is 33.4. The van der Waals surface area contributed by atoms with Gasteiger partial charge in [-0.25, -0.2) is 13.1 Å². The van der Waals surface area contributed by atoms with E-state index in [1.807, 2.05) is 30.3 Å². The Labute approximate surface area is 147 Å². The second-order valence-corrected chi connectivity index (χ2v) is 7.60. The number of hydrogen-bond acceptors (Lipinski definition) is 4. The number of ether oxygens (including phenoxy) is 1. The van der Waals surface area contributed by atoms with Crippen molar-refractivity contribution in [1.82, 2.24) is 10.0 Å². The first kappa shape index (κ1) is 17.4. The second kappa shape index (κ2) is 7.67. The number of carbonyl (C=O) groups is 1. The van der Waals surface area contributed by atoms with Crippen molar-refractivity contribution in [3.8, 4) is 11.5 Å². The van der Waals surface area contributed by atoms with E-state index in [-0.39, 0.29) is 16.8 Å². The van der Waals surface area contributed by atoms with Gasteiger partial charge in [-0.15, -0.1) is 0 Å². The van der Waals surface area contributed by atoms with Gasteiger partial charge in [-0.1, -0.05) is 18.2 Å². The third-order valence-corrected chi connectivity index (χ3v) is 5.51. The van der Waals surface area contributed by atoms with Crippen molar-refractivity contribution in [1.29, 1.82) is 0 Å². The van der Waals surface area contributed by atoms with Gasteiger partial charge >= 0.3 is 0 Å². The Morgan fingerprint density at radius 1 is 0.960 bits per heavy atom. The van der Waals surface area contributed by atoms with Gasteiger partial charge in [0.25, 0.3) is 0 Å². The average molecular weight is 360 g/mol. The Morgan fingerprint density at radius 2 is 1.64 bits per heavy atom. The molecule has 0 saturated carbocycles. The molecule has 1 heterocycles. The first-order valence-electron chi connectivity index (χ1n) is 8.15. The minimum Gasteiger partial charge on any atom is -0.457 e. The molecule has 1 aliphatic rings. The minimum atomic E-state index is -3.63. The molecule has 0 spiro atoms. The Balaban J connectivity index is 1.67. The van der Waals surface area contributed by atoms with Crippen LogP contribution in [0.1, 0.15) is 19.3 Å². The quantitative estimate of drug-likeness (QED) is 0.858. The number of hydrogen-bond donors (Lipinski definition) is 2. The molecular weight excluding hydrogens is 340 g/mol. The summed E-state index contributed by atoms with van der Waals surface area (Å²) in [6.45, 7) is 0.482. The third kappa shape index (κ3) is 4.80. The molecule has 1 unspecified atom stereocenters. The molecule has 1 atom stereocenters. The van der Waals surface area contributed by atoms with Crippen LogP contribution in [0.25, 0.3) is 0 Å². The Morgan fingerprint density at radius 3 is 2.36 bits per heavy atom. The summed E-state index contributed by atoms with van der Waals surface area (Å²) in [5.41, 5.74) is 0. The summed E-state index contributed by atoms with van der Waals surface area (Å²) in [6, 6.07) is 15.3. The fourth-order valence-corrected chi connectivity index (χ4v) is 3.95. The van der Waals surface area contributed by atoms with Crippen molar-refractivity contribution < 1.29 is 17.9 Å². The molecule has 132 valence electrons. The lowest BCUT2D eigenvalue weighted by molar-refractivity contribution is -0.120. The zero-order chi connectivity index (χ0) is 17.7. The van der Waals surface area contributed by atoms with Gasteiger partial charge < -0.3 is 10.1 Å². The minimum absolute atomic E-state index is 0.0379. The van der Waals surface area contributed by atoms with E-state index in [4.69, 9.17) is 4.74 Å². The summed E-state index contributed by atoms with van der Waals surface area (Å²) in [5.74, 6) is 1.21. The van der Waals surface area contributed by atoms with Crippen LogP contribution in [0.4, 0.5) is 0 Å². The molecule has 1 amide bonds. The molecule has 7 heteroatoms. The lowest BCUT2D eigenvalue weighted by Gasteiger charge is -2.16. The van der Waals surface area contributed by atoms with Crippen LogP contribution in [0.15, 0.2) is 59.5 Å². The number of benzene rings is 2. The Hall–Kier alpha value is -2.38. The van der Waals surface area contributed by atoms with Crippen LogP contribution in [0.5, 0.6) is 11.5 Å². The summed E-state index contributed by atoms with van der Waals surface area (Å²) >= 11 is 0. The molecule has 1 saturated heterocycles. The highest BCUT2D eigenvalue weighted by Crippen LogP contribution is 2.23. The van der Waals surface area contributed by atoms with E-state index < -0.39 is 10.0 Å². The van der Waals surface area contributed by atoms with Gasteiger partial charge in [0.05, 0.1) is 4.90 Å². The summed E-state index contributed by atoms with van der Waals surface area (Å²) in [5, 5.41) is 2.74. The van der Waals surface area contributed by atoms with Crippen LogP contribution in [0, 0.1) is 0 Å². The van der Waals surface area contributed by atoms with Gasteiger partial charge in [0.2, 0.25) is 15.9 Å². The van der Waals surface area contributed by atoms with Crippen LogP contribution in [-0.4, -0.2) is 26.9 Å². The lowest BCUT2D eigenvalue weighted by atomic mass is 10.1. The van der Waals surface area contributed by atoms with Crippen molar-refractivity contribution in [2.24, 2.45) is 0 Å². The van der Waals surface area contributed by atoms with Crippen molar-refractivity contribution >= 4 is 15.9 Å². The first-order valence-corrected chi connectivity index (χ1v) is 9.63. The van der Waals surface area contributed by atoms with E-state index in [2.05, 4.69) is 10.0 Å². The van der Waals surface area contributed by atoms with E-state index in [0.29, 0.717) is 37.3 Å². The van der Waals surface area contributed by atoms with E-state index in [1.54, 1.807) is 12.1 Å². The zero-order valence-electron chi connectivity index (χ0n) is 13.6. The van der Waals surface area contributed by atoms with E-state index >= 15 is 0 Å². The van der Waals surface area contributed by atoms with Gasteiger partial charge in [0.15, 0.2) is 0 Å². The maximum absolute atomic E-state index is 12.5. The predicted molar refractivity (Wildman–Crippen MR) is 93.9 cm³/mol. The Bertz CT molecular complexity index is 820. The van der Waals surface area contributed by atoms with Crippen molar-refractivity contribution in [3.05, 3.63) is 54.6 Å². The fourth-order valence-electron chi connectivity index (χ4n) is 2.64. The first-order chi connectivity index (χ1) is 12.0. The molecule has 0 bridgehead atoms. The molecule has 6 nitrogen and oxygen atoms in total. The summed E-state index contributed by atoms with van der Waals surface area (Å²) in [6.07, 6.45) is 1.41. The molecule has 3 rings (SSSR count). The highest BCUT2D eigenvalue weighted by molar-refractivity contribution is 7.89. The third-order valence-electron chi connectivity index (χ3n) is 3.97. The highest BCUT2D eigenvalue weighted by atomic mass is 32.2. The van der Waals surface area contributed by atoms with Gasteiger partial charge in [-0.05, 0) is 49.2 Å². The van der Waals surface area contributed by atoms with Crippen LogP contribution >= 0.6 is 0 Å². The van der Waals surface area contributed by atoms with Gasteiger partial charge in [0.1, 0.15) is 11.5 Å². The molecule has 25 heavy (non-hydrogen) atoms. The SMILES string of the molecule is O=C1CCC(NS(=O)(=O)c2ccc(Oc3ccccc3)cc2)CCN1. The molecule has 0 aromatic heterocycles. The number of carbonyl (C=O) groups excluding carboxylic acids is 1. The lowest BCUT2D eigenvalue weighted by Crippen LogP contribution is -2.35. The molecule has 2 N–H and O–H groups in total. The monoisotopic (exact) mass is 360 g/mol. The van der Waals surface area contributed by atoms with Crippen LogP contribution in [0.3, 0.4) is 0 Å². The Kier molecular flexibility index (Phi) is 5.35. The maximum atomic E-state index is 12.5. The number of sulfonamides is 1. The normalized spacial score (nSPS) is 18.2. The molecule has 1 fully saturated rings. The molecular formula is C18H20N2O4S. The van der Waals surface area contributed by atoms with Crippen LogP contribution < -0.4 is 14.8 Å².